The second-order valence-electron chi connectivity index (χ2n) is 6.31. The molecular formula is C18H16N4O5S. The van der Waals surface area contributed by atoms with Crippen LogP contribution in [0.5, 0.6) is 0 Å². The molecule has 10 heteroatoms. The highest BCUT2D eigenvalue weighted by atomic mass is 32.2. The number of amidine groups is 1. The van der Waals surface area contributed by atoms with Crippen LogP contribution in [0, 0.1) is 6.92 Å². The summed E-state index contributed by atoms with van der Waals surface area (Å²) in [6.07, 6.45) is 4.36. The molecule has 0 radical (unpaired) electrons. The van der Waals surface area contributed by atoms with Crippen LogP contribution in [-0.4, -0.2) is 43.3 Å². The zero-order valence-corrected chi connectivity index (χ0v) is 15.6. The summed E-state index contributed by atoms with van der Waals surface area (Å²) in [5, 5.41) is 0.823. The van der Waals surface area contributed by atoms with Crippen LogP contribution in [0.4, 0.5) is 0 Å². The second-order valence-corrected chi connectivity index (χ2v) is 8.06. The van der Waals surface area contributed by atoms with E-state index >= 15 is 0 Å². The van der Waals surface area contributed by atoms with Gasteiger partial charge in [-0.1, -0.05) is 18.2 Å². The number of carbonyl (C=O) groups excluding carboxylic acids is 2. The highest BCUT2D eigenvalue weighted by Gasteiger charge is 2.25. The van der Waals surface area contributed by atoms with E-state index in [1.807, 2.05) is 12.1 Å². The number of rotatable bonds is 2. The molecule has 144 valence electrons. The fourth-order valence-electron chi connectivity index (χ4n) is 2.97. The number of nitrogens with zero attached hydrogens (tertiary/aromatic N) is 2. The van der Waals surface area contributed by atoms with Crippen LogP contribution in [0.3, 0.4) is 0 Å². The predicted octanol–water partition coefficient (Wildman–Crippen LogP) is 1.000. The molecule has 28 heavy (non-hydrogen) atoms. The lowest BCUT2D eigenvalue weighted by Crippen LogP contribution is -2.43. The van der Waals surface area contributed by atoms with Crippen LogP contribution in [0.1, 0.15) is 16.1 Å². The molecule has 2 aliphatic rings. The fourth-order valence-corrected chi connectivity index (χ4v) is 3.94. The van der Waals surface area contributed by atoms with Crippen molar-refractivity contribution in [2.45, 2.75) is 6.92 Å². The number of benzene rings is 1. The molecule has 2 amide bonds. The second kappa shape index (κ2) is 6.64. The average molecular weight is 400 g/mol. The molecule has 0 saturated carbocycles. The Morgan fingerprint density at radius 1 is 1.14 bits per heavy atom. The molecule has 1 aromatic carbocycles. The average Bonchev–Trinajstić information content (AvgIpc) is 3.02. The van der Waals surface area contributed by atoms with Crippen molar-refractivity contribution in [2.75, 3.05) is 12.3 Å². The van der Waals surface area contributed by atoms with E-state index in [0.29, 0.717) is 11.1 Å². The van der Waals surface area contributed by atoms with Crippen molar-refractivity contribution in [3.05, 3.63) is 59.5 Å². The van der Waals surface area contributed by atoms with Crippen LogP contribution < -0.4 is 10.9 Å². The van der Waals surface area contributed by atoms with E-state index in [1.165, 1.54) is 18.4 Å². The van der Waals surface area contributed by atoms with Gasteiger partial charge in [-0.3, -0.25) is 20.4 Å². The van der Waals surface area contributed by atoms with Crippen LogP contribution in [0.2, 0.25) is 0 Å². The molecule has 0 bridgehead atoms. The number of hydrogen-bond donors (Lipinski definition) is 2. The molecule has 3 heterocycles. The summed E-state index contributed by atoms with van der Waals surface area (Å²) in [4.78, 5) is 26.3. The number of para-hydroxylation sites is 1. The highest BCUT2D eigenvalue weighted by Crippen LogP contribution is 2.24. The van der Waals surface area contributed by atoms with E-state index in [2.05, 4.69) is 15.2 Å². The molecule has 1 aromatic heterocycles. The van der Waals surface area contributed by atoms with Gasteiger partial charge in [0.1, 0.15) is 11.4 Å². The van der Waals surface area contributed by atoms with Gasteiger partial charge in [0.25, 0.3) is 15.9 Å². The first-order chi connectivity index (χ1) is 13.3. The summed E-state index contributed by atoms with van der Waals surface area (Å²) in [5.74, 6) is -0.882. The van der Waals surface area contributed by atoms with Crippen molar-refractivity contribution in [3.8, 4) is 0 Å². The first kappa shape index (κ1) is 18.0. The summed E-state index contributed by atoms with van der Waals surface area (Å²) < 4.78 is 32.2. The molecule has 9 nitrogen and oxygen atoms in total. The Bertz CT molecular complexity index is 1190. The fraction of sp³-hybridized carbons (Fsp3) is 0.167. The van der Waals surface area contributed by atoms with E-state index in [4.69, 9.17) is 4.42 Å². The minimum atomic E-state index is -3.46. The molecule has 4 rings (SSSR count). The number of carbonyl (C=O) groups is 2. The van der Waals surface area contributed by atoms with Gasteiger partial charge < -0.3 is 9.32 Å². The van der Waals surface area contributed by atoms with Crippen LogP contribution in [0.15, 0.2) is 57.0 Å². The lowest BCUT2D eigenvalue weighted by atomic mass is 10.1. The van der Waals surface area contributed by atoms with E-state index in [9.17, 15) is 18.0 Å². The Morgan fingerprint density at radius 2 is 1.89 bits per heavy atom. The molecule has 2 aromatic rings. The Kier molecular flexibility index (Phi) is 4.27. The van der Waals surface area contributed by atoms with Gasteiger partial charge in [-0.15, -0.1) is 4.40 Å². The first-order valence-corrected chi connectivity index (χ1v) is 10.0. The number of sulfonamides is 1. The maximum atomic E-state index is 12.4. The maximum absolute atomic E-state index is 12.4. The Labute approximate surface area is 160 Å². The normalized spacial score (nSPS) is 17.5. The van der Waals surface area contributed by atoms with E-state index in [1.54, 1.807) is 24.0 Å². The topological polar surface area (TPSA) is 121 Å². The molecule has 0 aliphatic carbocycles. The summed E-state index contributed by atoms with van der Waals surface area (Å²) in [6.45, 7) is 1.97. The molecule has 0 spiro atoms. The maximum Gasteiger partial charge on any atom is 0.305 e. The zero-order valence-electron chi connectivity index (χ0n) is 14.8. The highest BCUT2D eigenvalue weighted by molar-refractivity contribution is 7.90. The third-order valence-electron chi connectivity index (χ3n) is 4.43. The summed E-state index contributed by atoms with van der Waals surface area (Å²) in [5.41, 5.74) is 6.17. The largest absolute Gasteiger partial charge is 0.451 e. The smallest absolute Gasteiger partial charge is 0.305 e. The molecule has 2 N–H and O–H groups in total. The van der Waals surface area contributed by atoms with Gasteiger partial charge >= 0.3 is 5.91 Å². The number of fused-ring (bicyclic) bond motifs is 2. The van der Waals surface area contributed by atoms with Gasteiger partial charge in [0.15, 0.2) is 5.76 Å². The van der Waals surface area contributed by atoms with Crippen LogP contribution in [0.25, 0.3) is 11.0 Å². The number of aryl methyl sites for hydroxylation is 1. The van der Waals surface area contributed by atoms with Gasteiger partial charge in [-0.2, -0.15) is 0 Å². The number of hydrogen-bond acceptors (Lipinski definition) is 6. The van der Waals surface area contributed by atoms with Crippen molar-refractivity contribution in [1.82, 2.24) is 15.8 Å². The van der Waals surface area contributed by atoms with E-state index < -0.39 is 21.8 Å². The SMILES string of the molecule is Cc1c(C(=O)NNC(=O)C2=CN3CCS(=O)(=O)N=C3C=C2)oc2ccccc12. The summed E-state index contributed by atoms with van der Waals surface area (Å²) in [7, 11) is -3.46. The van der Waals surface area contributed by atoms with Crippen molar-refractivity contribution in [1.29, 1.82) is 0 Å². The van der Waals surface area contributed by atoms with Crippen LogP contribution in [-0.2, 0) is 14.8 Å². The zero-order chi connectivity index (χ0) is 19.9. The van der Waals surface area contributed by atoms with Gasteiger partial charge in [0, 0.05) is 23.7 Å². The summed E-state index contributed by atoms with van der Waals surface area (Å²) >= 11 is 0. The number of hydrazine groups is 1. The molecule has 2 aliphatic heterocycles. The summed E-state index contributed by atoms with van der Waals surface area (Å²) in [6, 6.07) is 7.26. The number of nitrogens with one attached hydrogen (secondary N) is 2. The monoisotopic (exact) mass is 400 g/mol. The first-order valence-electron chi connectivity index (χ1n) is 8.42. The molecule has 0 atom stereocenters. The van der Waals surface area contributed by atoms with Crippen LogP contribution >= 0.6 is 0 Å². The Balaban J connectivity index is 1.45. The van der Waals surface area contributed by atoms with E-state index in [-0.39, 0.29) is 29.5 Å². The Hall–Kier alpha value is -3.40. The standard InChI is InChI=1S/C18H16N4O5S/c1-11-13-4-2-3-5-14(13)27-16(11)18(24)20-19-17(23)12-6-7-15-21-28(25,26)9-8-22(15)10-12/h2-7,10H,8-9H2,1H3,(H,19,23)(H,20,24). The molecular weight excluding hydrogens is 384 g/mol. The van der Waals surface area contributed by atoms with Crippen molar-refractivity contribution in [2.24, 2.45) is 4.40 Å². The van der Waals surface area contributed by atoms with Gasteiger partial charge in [0.2, 0.25) is 0 Å². The Morgan fingerprint density at radius 3 is 2.68 bits per heavy atom. The number of furan rings is 1. The van der Waals surface area contributed by atoms with E-state index in [0.717, 1.165) is 5.39 Å². The minimum Gasteiger partial charge on any atom is -0.451 e. The molecule has 0 saturated heterocycles. The van der Waals surface area contributed by atoms with Gasteiger partial charge in [-0.25, -0.2) is 8.42 Å². The lowest BCUT2D eigenvalue weighted by Gasteiger charge is -2.26. The van der Waals surface area contributed by atoms with Gasteiger partial charge in [0.05, 0.1) is 11.3 Å². The van der Waals surface area contributed by atoms with Gasteiger partial charge in [-0.05, 0) is 25.1 Å². The number of amides is 2. The third-order valence-corrected chi connectivity index (χ3v) is 5.59. The van der Waals surface area contributed by atoms with Crippen molar-refractivity contribution >= 4 is 38.6 Å². The minimum absolute atomic E-state index is 0.116. The lowest BCUT2D eigenvalue weighted by molar-refractivity contribution is -0.118. The molecule has 0 unspecified atom stereocenters. The predicted molar refractivity (Wildman–Crippen MR) is 102 cm³/mol. The van der Waals surface area contributed by atoms with Crippen molar-refractivity contribution in [3.63, 3.8) is 0 Å². The quantitative estimate of drug-likeness (QED) is 0.726. The molecule has 0 fully saturated rings. The van der Waals surface area contributed by atoms with Crippen molar-refractivity contribution < 1.29 is 22.4 Å². The third kappa shape index (κ3) is 3.29.